The third-order valence-corrected chi connectivity index (χ3v) is 4.05. The molecule has 0 atom stereocenters. The molecule has 0 spiro atoms. The van der Waals surface area contributed by atoms with Crippen molar-refractivity contribution in [3.8, 4) is 0 Å². The molecular weight excluding hydrogens is 337 g/mol. The molecule has 0 bridgehead atoms. The van der Waals surface area contributed by atoms with Crippen LogP contribution < -0.4 is 5.32 Å². The summed E-state index contributed by atoms with van der Waals surface area (Å²) in [6.45, 7) is 3.53. The minimum Gasteiger partial charge on any atom is -0.452 e. The lowest BCUT2D eigenvalue weighted by atomic mass is 10.2. The first-order chi connectivity index (χ1) is 9.90. The zero-order chi connectivity index (χ0) is 16.0. The molecule has 7 heteroatoms. The summed E-state index contributed by atoms with van der Waals surface area (Å²) in [7, 11) is 0. The maximum Gasteiger partial charge on any atom is 0.341 e. The second-order valence-electron chi connectivity index (χ2n) is 4.38. The van der Waals surface area contributed by atoms with E-state index in [9.17, 15) is 9.59 Å². The number of nitrogens with one attached hydrogen (secondary N) is 1. The minimum absolute atomic E-state index is 0.00886. The van der Waals surface area contributed by atoms with E-state index in [0.717, 1.165) is 12.8 Å². The second kappa shape index (κ2) is 8.47. The molecule has 116 valence electrons. The highest BCUT2D eigenvalue weighted by Crippen LogP contribution is 2.31. The summed E-state index contributed by atoms with van der Waals surface area (Å²) in [5.74, 6) is -1.15. The number of ether oxygens (including phenoxy) is 1. The topological polar surface area (TPSA) is 55.4 Å². The van der Waals surface area contributed by atoms with Gasteiger partial charge in [-0.25, -0.2) is 4.79 Å². The molecule has 21 heavy (non-hydrogen) atoms. The smallest absolute Gasteiger partial charge is 0.341 e. The summed E-state index contributed by atoms with van der Waals surface area (Å²) in [5, 5.41) is 3.07. The number of halogens is 3. The Morgan fingerprint density at radius 2 is 1.71 bits per heavy atom. The zero-order valence-corrected chi connectivity index (χ0v) is 14.0. The van der Waals surface area contributed by atoms with Gasteiger partial charge in [-0.1, -0.05) is 48.7 Å². The molecule has 1 aromatic carbocycles. The van der Waals surface area contributed by atoms with Gasteiger partial charge in [-0.15, -0.1) is 0 Å². The van der Waals surface area contributed by atoms with Crippen molar-refractivity contribution in [1.82, 2.24) is 5.32 Å². The van der Waals surface area contributed by atoms with E-state index in [1.165, 1.54) is 12.1 Å². The molecule has 4 nitrogen and oxygen atoms in total. The van der Waals surface area contributed by atoms with Crippen LogP contribution in [0.25, 0.3) is 0 Å². The standard InChI is InChI=1S/C14H16Cl3NO3/c1-3-8(4-2)18-11(19)7-21-14(20)12-9(15)5-6-10(16)13(12)17/h5-6,8H,3-4,7H2,1-2H3,(H,18,19). The monoisotopic (exact) mass is 351 g/mol. The first-order valence-corrected chi connectivity index (χ1v) is 7.64. The molecule has 0 fully saturated rings. The van der Waals surface area contributed by atoms with Gasteiger partial charge in [0.2, 0.25) is 0 Å². The number of carbonyl (C=O) groups is 2. The van der Waals surface area contributed by atoms with Crippen molar-refractivity contribution >= 4 is 46.7 Å². The molecule has 1 rings (SSSR count). The average Bonchev–Trinajstić information content (AvgIpc) is 2.46. The van der Waals surface area contributed by atoms with Crippen molar-refractivity contribution in [2.45, 2.75) is 32.7 Å². The van der Waals surface area contributed by atoms with Crippen molar-refractivity contribution in [2.24, 2.45) is 0 Å². The fraction of sp³-hybridized carbons (Fsp3) is 0.429. The molecule has 0 aromatic heterocycles. The molecule has 1 amide bonds. The summed E-state index contributed by atoms with van der Waals surface area (Å²) in [4.78, 5) is 23.6. The minimum atomic E-state index is -0.785. The summed E-state index contributed by atoms with van der Waals surface area (Å²) in [5.41, 5.74) is -0.0406. The van der Waals surface area contributed by atoms with Crippen LogP contribution in [0.15, 0.2) is 12.1 Å². The number of esters is 1. The Kier molecular flexibility index (Phi) is 7.29. The normalized spacial score (nSPS) is 10.6. The number of benzene rings is 1. The van der Waals surface area contributed by atoms with Crippen LogP contribution in [-0.4, -0.2) is 24.5 Å². The number of amides is 1. The van der Waals surface area contributed by atoms with E-state index in [0.29, 0.717) is 0 Å². The largest absolute Gasteiger partial charge is 0.452 e. The molecule has 0 aliphatic carbocycles. The van der Waals surface area contributed by atoms with E-state index >= 15 is 0 Å². The quantitative estimate of drug-likeness (QED) is 0.619. The Morgan fingerprint density at radius 1 is 1.14 bits per heavy atom. The first-order valence-electron chi connectivity index (χ1n) is 6.50. The maximum absolute atomic E-state index is 11.9. The van der Waals surface area contributed by atoms with Gasteiger partial charge in [-0.2, -0.15) is 0 Å². The van der Waals surface area contributed by atoms with Gasteiger partial charge < -0.3 is 10.1 Å². The molecular formula is C14H16Cl3NO3. The van der Waals surface area contributed by atoms with Gasteiger partial charge in [0.15, 0.2) is 6.61 Å². The third-order valence-electron chi connectivity index (χ3n) is 2.93. The second-order valence-corrected chi connectivity index (χ2v) is 5.57. The Labute approximate surface area is 138 Å². The van der Waals surface area contributed by atoms with Crippen LogP contribution in [0.1, 0.15) is 37.0 Å². The van der Waals surface area contributed by atoms with Gasteiger partial charge in [0, 0.05) is 6.04 Å². The summed E-state index contributed by atoms with van der Waals surface area (Å²) in [6, 6.07) is 2.98. The van der Waals surface area contributed by atoms with Crippen molar-refractivity contribution in [1.29, 1.82) is 0 Å². The molecule has 0 unspecified atom stereocenters. The molecule has 0 heterocycles. The number of hydrogen-bond donors (Lipinski definition) is 1. The van der Waals surface area contributed by atoms with Crippen molar-refractivity contribution in [3.63, 3.8) is 0 Å². The van der Waals surface area contributed by atoms with Crippen LogP contribution >= 0.6 is 34.8 Å². The molecule has 0 radical (unpaired) electrons. The number of rotatable bonds is 6. The molecule has 1 aromatic rings. The SMILES string of the molecule is CCC(CC)NC(=O)COC(=O)c1c(Cl)ccc(Cl)c1Cl. The molecule has 0 aliphatic rings. The summed E-state index contributed by atoms with van der Waals surface area (Å²) >= 11 is 17.6. The van der Waals surface area contributed by atoms with Gasteiger partial charge in [-0.3, -0.25) is 4.79 Å². The zero-order valence-electron chi connectivity index (χ0n) is 11.7. The van der Waals surface area contributed by atoms with Crippen molar-refractivity contribution in [3.05, 3.63) is 32.8 Å². The van der Waals surface area contributed by atoms with Gasteiger partial charge in [-0.05, 0) is 25.0 Å². The van der Waals surface area contributed by atoms with Crippen LogP contribution in [0.2, 0.25) is 15.1 Å². The fourth-order valence-electron chi connectivity index (χ4n) is 1.68. The van der Waals surface area contributed by atoms with Crippen LogP contribution in [0, 0.1) is 0 Å². The number of hydrogen-bond acceptors (Lipinski definition) is 3. The van der Waals surface area contributed by atoms with Crippen LogP contribution in [0.5, 0.6) is 0 Å². The lowest BCUT2D eigenvalue weighted by Gasteiger charge is -2.15. The Bertz CT molecular complexity index is 530. The molecule has 0 saturated carbocycles. The van der Waals surface area contributed by atoms with Crippen molar-refractivity contribution < 1.29 is 14.3 Å². The van der Waals surface area contributed by atoms with Crippen LogP contribution in [0.4, 0.5) is 0 Å². The highest BCUT2D eigenvalue weighted by Gasteiger charge is 2.20. The van der Waals surface area contributed by atoms with Crippen LogP contribution in [0.3, 0.4) is 0 Å². The fourth-order valence-corrected chi connectivity index (χ4v) is 2.36. The Balaban J connectivity index is 2.67. The van der Waals surface area contributed by atoms with Gasteiger partial charge in [0.05, 0.1) is 20.6 Å². The lowest BCUT2D eigenvalue weighted by Crippen LogP contribution is -2.36. The van der Waals surface area contributed by atoms with E-state index < -0.39 is 12.6 Å². The van der Waals surface area contributed by atoms with E-state index in [1.54, 1.807) is 0 Å². The predicted octanol–water partition coefficient (Wildman–Crippen LogP) is 4.11. The van der Waals surface area contributed by atoms with E-state index in [4.69, 9.17) is 39.5 Å². The van der Waals surface area contributed by atoms with Crippen molar-refractivity contribution in [2.75, 3.05) is 6.61 Å². The Hall–Kier alpha value is -0.970. The molecule has 0 saturated heterocycles. The molecule has 0 aliphatic heterocycles. The van der Waals surface area contributed by atoms with Gasteiger partial charge in [0.25, 0.3) is 5.91 Å². The maximum atomic E-state index is 11.9. The van der Waals surface area contributed by atoms with Gasteiger partial charge in [0.1, 0.15) is 0 Å². The van der Waals surface area contributed by atoms with Crippen LogP contribution in [-0.2, 0) is 9.53 Å². The first kappa shape index (κ1) is 18.1. The predicted molar refractivity (Wildman–Crippen MR) is 84.3 cm³/mol. The lowest BCUT2D eigenvalue weighted by molar-refractivity contribution is -0.125. The van der Waals surface area contributed by atoms with Gasteiger partial charge >= 0.3 is 5.97 Å². The highest BCUT2D eigenvalue weighted by molar-refractivity contribution is 6.46. The number of carbonyl (C=O) groups excluding carboxylic acids is 2. The summed E-state index contributed by atoms with van der Waals surface area (Å²) < 4.78 is 4.92. The van der Waals surface area contributed by atoms with E-state index in [1.807, 2.05) is 13.8 Å². The Morgan fingerprint density at radius 3 is 2.29 bits per heavy atom. The van der Waals surface area contributed by atoms with E-state index in [2.05, 4.69) is 5.32 Å². The summed E-state index contributed by atoms with van der Waals surface area (Å²) in [6.07, 6.45) is 1.62. The average molecular weight is 353 g/mol. The van der Waals surface area contributed by atoms with E-state index in [-0.39, 0.29) is 32.6 Å². The highest BCUT2D eigenvalue weighted by atomic mass is 35.5. The third kappa shape index (κ3) is 5.06. The molecule has 1 N–H and O–H groups in total.